The van der Waals surface area contributed by atoms with Gasteiger partial charge in [-0.05, 0) is 50.3 Å². The maximum atomic E-state index is 14.0. The second-order valence-electron chi connectivity index (χ2n) is 12.5. The number of nitrogens with zero attached hydrogens (tertiary/aromatic N) is 2. The van der Waals surface area contributed by atoms with Crippen LogP contribution in [0.3, 0.4) is 0 Å². The van der Waals surface area contributed by atoms with Gasteiger partial charge in [0.1, 0.15) is 11.6 Å². The van der Waals surface area contributed by atoms with Crippen LogP contribution in [0, 0.1) is 11.8 Å². The van der Waals surface area contributed by atoms with Crippen molar-refractivity contribution in [2.45, 2.75) is 82.4 Å². The molecule has 1 aromatic heterocycles. The number of hydrogen-bond donors (Lipinski definition) is 3. The van der Waals surface area contributed by atoms with E-state index in [1.165, 1.54) is 16.4 Å². The number of benzene rings is 2. The van der Waals surface area contributed by atoms with E-state index in [4.69, 9.17) is 18.6 Å². The summed E-state index contributed by atoms with van der Waals surface area (Å²) in [7, 11) is -4.07. The molecule has 1 amide bonds. The Kier molecular flexibility index (Phi) is 10.7. The average molecular weight is 645 g/mol. The first kappa shape index (κ1) is 33.1. The zero-order chi connectivity index (χ0) is 32.1. The fourth-order valence-electron chi connectivity index (χ4n) is 5.78. The van der Waals surface area contributed by atoms with Crippen molar-refractivity contribution in [3.63, 3.8) is 0 Å². The van der Waals surface area contributed by atoms with Crippen molar-refractivity contribution < 1.29 is 36.9 Å². The number of hydrogen-bond acceptors (Lipinski definition) is 10. The quantitative estimate of drug-likeness (QED) is 0.248. The van der Waals surface area contributed by atoms with Crippen molar-refractivity contribution >= 4 is 33.2 Å². The van der Waals surface area contributed by atoms with Gasteiger partial charge in [0.25, 0.3) is 6.01 Å². The van der Waals surface area contributed by atoms with Crippen molar-refractivity contribution in [2.24, 2.45) is 11.8 Å². The summed E-state index contributed by atoms with van der Waals surface area (Å²) in [5.74, 6) is -0.0870. The lowest BCUT2D eigenvalue weighted by Crippen LogP contribution is -2.52. The van der Waals surface area contributed by atoms with Crippen LogP contribution in [0.2, 0.25) is 0 Å². The Morgan fingerprint density at radius 1 is 1.07 bits per heavy atom. The van der Waals surface area contributed by atoms with E-state index in [9.17, 15) is 18.3 Å². The van der Waals surface area contributed by atoms with Gasteiger partial charge in [-0.15, -0.1) is 0 Å². The maximum absolute atomic E-state index is 14.0. The number of amides is 1. The third-order valence-electron chi connectivity index (χ3n) is 7.94. The molecule has 3 heterocycles. The van der Waals surface area contributed by atoms with Crippen molar-refractivity contribution in [1.29, 1.82) is 0 Å². The highest BCUT2D eigenvalue weighted by atomic mass is 32.2. The van der Waals surface area contributed by atoms with E-state index in [0.717, 1.165) is 12.0 Å². The number of carbonyl (C=O) groups is 1. The van der Waals surface area contributed by atoms with Crippen LogP contribution in [0.15, 0.2) is 57.8 Å². The Balaban J connectivity index is 1.35. The number of anilines is 1. The molecule has 2 aliphatic heterocycles. The monoisotopic (exact) mass is 644 g/mol. The van der Waals surface area contributed by atoms with Gasteiger partial charge in [0.05, 0.1) is 30.3 Å². The van der Waals surface area contributed by atoms with E-state index >= 15 is 0 Å². The average Bonchev–Trinajstić information content (AvgIpc) is 3.63. The van der Waals surface area contributed by atoms with E-state index in [-0.39, 0.29) is 54.7 Å². The van der Waals surface area contributed by atoms with Crippen LogP contribution in [0.4, 0.5) is 10.8 Å². The minimum atomic E-state index is -4.07. The van der Waals surface area contributed by atoms with E-state index in [0.29, 0.717) is 36.7 Å². The minimum absolute atomic E-state index is 0.0231. The van der Waals surface area contributed by atoms with Crippen LogP contribution >= 0.6 is 0 Å². The molecular formula is C32H44N4O8S. The lowest BCUT2D eigenvalue weighted by Gasteiger charge is -2.33. The number of nitrogens with one attached hydrogen (secondary N) is 2. The lowest BCUT2D eigenvalue weighted by molar-refractivity contribution is -0.179. The molecule has 2 fully saturated rings. The van der Waals surface area contributed by atoms with Crippen molar-refractivity contribution in [1.82, 2.24) is 14.6 Å². The molecule has 2 saturated heterocycles. The fraction of sp³-hybridized carbons (Fsp3) is 0.562. The zero-order valence-electron chi connectivity index (χ0n) is 26.2. The summed E-state index contributed by atoms with van der Waals surface area (Å²) >= 11 is 0. The Bertz CT molecular complexity index is 1530. The normalized spacial score (nSPS) is 21.6. The standard InChI is InChI=1S/C32H44N4O8S/c1-20(2)18-36(45(39,40)23-10-11-25-29(17-23)43-31(34-25)33-21(3)4)19-27(37)26(16-22-8-6-5-7-9-22)35-32(38)44-28-13-15-42-30-24(28)12-14-41-30/h5-11,17,20-21,24,26-28,30,37H,12-16,18-19H2,1-4H3,(H,33,34)(H,35,38)/t24-,26-,27+,28-,30+/m0/s1. The first-order chi connectivity index (χ1) is 21.5. The predicted molar refractivity (Wildman–Crippen MR) is 168 cm³/mol. The number of ether oxygens (including phenoxy) is 3. The van der Waals surface area contributed by atoms with E-state index in [1.807, 2.05) is 58.0 Å². The molecule has 0 aliphatic carbocycles. The number of sulfonamides is 1. The van der Waals surface area contributed by atoms with Gasteiger partial charge in [0.15, 0.2) is 11.9 Å². The van der Waals surface area contributed by atoms with Gasteiger partial charge < -0.3 is 34.4 Å². The molecule has 5 rings (SSSR count). The second kappa shape index (κ2) is 14.5. The molecule has 0 saturated carbocycles. The summed E-state index contributed by atoms with van der Waals surface area (Å²) in [6.07, 6.45) is -1.13. The zero-order valence-corrected chi connectivity index (χ0v) is 27.0. The molecule has 13 heteroatoms. The van der Waals surface area contributed by atoms with Crippen molar-refractivity contribution in [2.75, 3.05) is 31.6 Å². The second-order valence-corrected chi connectivity index (χ2v) is 14.4. The third kappa shape index (κ3) is 8.33. The molecular weight excluding hydrogens is 600 g/mol. The van der Waals surface area contributed by atoms with Gasteiger partial charge in [-0.3, -0.25) is 0 Å². The topological polar surface area (TPSA) is 152 Å². The molecule has 0 radical (unpaired) electrons. The van der Waals surface area contributed by atoms with Crippen LogP contribution in [0.1, 0.15) is 46.1 Å². The summed E-state index contributed by atoms with van der Waals surface area (Å²) in [6, 6.07) is 13.5. The Morgan fingerprint density at radius 2 is 1.80 bits per heavy atom. The maximum Gasteiger partial charge on any atom is 0.407 e. The first-order valence-electron chi connectivity index (χ1n) is 15.6. The van der Waals surface area contributed by atoms with Gasteiger partial charge in [-0.1, -0.05) is 44.2 Å². The first-order valence-corrected chi connectivity index (χ1v) is 17.0. The number of alkyl carbamates (subject to hydrolysis) is 1. The number of carbonyl (C=O) groups excluding carboxylic acids is 1. The van der Waals surface area contributed by atoms with Gasteiger partial charge in [-0.2, -0.15) is 9.29 Å². The van der Waals surface area contributed by atoms with Gasteiger partial charge in [-0.25, -0.2) is 13.2 Å². The van der Waals surface area contributed by atoms with Crippen LogP contribution in [0.5, 0.6) is 0 Å². The highest BCUT2D eigenvalue weighted by molar-refractivity contribution is 7.89. The summed E-state index contributed by atoms with van der Waals surface area (Å²) < 4.78 is 52.1. The molecule has 0 bridgehead atoms. The van der Waals surface area contributed by atoms with Crippen LogP contribution in [-0.2, 0) is 30.7 Å². The molecule has 45 heavy (non-hydrogen) atoms. The highest BCUT2D eigenvalue weighted by Crippen LogP contribution is 2.32. The number of aliphatic hydroxyl groups excluding tert-OH is 1. The minimum Gasteiger partial charge on any atom is -0.446 e. The van der Waals surface area contributed by atoms with Crippen molar-refractivity contribution in [3.05, 3.63) is 54.1 Å². The highest BCUT2D eigenvalue weighted by Gasteiger charge is 2.41. The van der Waals surface area contributed by atoms with Crippen LogP contribution < -0.4 is 10.6 Å². The van der Waals surface area contributed by atoms with E-state index in [2.05, 4.69) is 15.6 Å². The summed E-state index contributed by atoms with van der Waals surface area (Å²) in [4.78, 5) is 17.6. The van der Waals surface area contributed by atoms with E-state index < -0.39 is 28.3 Å². The Labute approximate surface area is 264 Å². The van der Waals surface area contributed by atoms with E-state index in [1.54, 1.807) is 6.07 Å². The number of rotatable bonds is 13. The molecule has 5 atom stereocenters. The van der Waals surface area contributed by atoms with Crippen LogP contribution in [-0.4, -0.2) is 85.8 Å². The predicted octanol–water partition coefficient (Wildman–Crippen LogP) is 4.14. The SMILES string of the molecule is CC(C)CN(C[C@@H](O)[C@H](Cc1ccccc1)NC(=O)O[C@H]1CCO[C@H]2OCC[C@H]21)S(=O)(=O)c1ccc2nc(NC(C)C)oc2c1. The summed E-state index contributed by atoms with van der Waals surface area (Å²) in [5.41, 5.74) is 1.73. The third-order valence-corrected chi connectivity index (χ3v) is 9.77. The van der Waals surface area contributed by atoms with Crippen LogP contribution in [0.25, 0.3) is 11.1 Å². The molecule has 2 aromatic carbocycles. The van der Waals surface area contributed by atoms with Gasteiger partial charge >= 0.3 is 6.09 Å². The molecule has 12 nitrogen and oxygen atoms in total. The van der Waals surface area contributed by atoms with Crippen molar-refractivity contribution in [3.8, 4) is 0 Å². The molecule has 246 valence electrons. The number of aromatic nitrogens is 1. The largest absolute Gasteiger partial charge is 0.446 e. The molecule has 2 aliphatic rings. The Hall–Kier alpha value is -3.23. The molecule has 3 aromatic rings. The fourth-order valence-corrected chi connectivity index (χ4v) is 7.42. The van der Waals surface area contributed by atoms with Gasteiger partial charge in [0, 0.05) is 37.5 Å². The molecule has 3 N–H and O–H groups in total. The lowest BCUT2D eigenvalue weighted by atomic mass is 9.95. The smallest absolute Gasteiger partial charge is 0.407 e. The van der Waals surface area contributed by atoms with Gasteiger partial charge in [0.2, 0.25) is 10.0 Å². The molecule has 0 unspecified atom stereocenters. The molecule has 0 spiro atoms. The summed E-state index contributed by atoms with van der Waals surface area (Å²) in [6.45, 7) is 8.59. The number of fused-ring (bicyclic) bond motifs is 2. The Morgan fingerprint density at radius 3 is 2.51 bits per heavy atom. The summed E-state index contributed by atoms with van der Waals surface area (Å²) in [5, 5.41) is 17.5. The number of oxazole rings is 1. The number of aliphatic hydroxyl groups is 1.